The predicted molar refractivity (Wildman–Crippen MR) is 157 cm³/mol. The fourth-order valence-electron chi connectivity index (χ4n) is 7.46. The second-order valence-corrected chi connectivity index (χ2v) is 13.7. The van der Waals surface area contributed by atoms with E-state index >= 15 is 8.78 Å². The van der Waals surface area contributed by atoms with Crippen LogP contribution in [0.5, 0.6) is 5.75 Å². The molecule has 0 aromatic heterocycles. The van der Waals surface area contributed by atoms with Crippen LogP contribution in [0.2, 0.25) is 0 Å². The highest BCUT2D eigenvalue weighted by Crippen LogP contribution is 2.49. The van der Waals surface area contributed by atoms with Crippen molar-refractivity contribution in [2.24, 2.45) is 29.1 Å². The van der Waals surface area contributed by atoms with E-state index in [2.05, 4.69) is 13.8 Å². The Hall–Kier alpha value is -2.30. The number of alkyl halides is 2. The highest BCUT2D eigenvalue weighted by Gasteiger charge is 2.53. The van der Waals surface area contributed by atoms with Gasteiger partial charge in [0, 0.05) is 23.0 Å². The molecule has 1 heterocycles. The third kappa shape index (κ3) is 7.65. The zero-order chi connectivity index (χ0) is 32.4. The Kier molecular flexibility index (Phi) is 10.5. The summed E-state index contributed by atoms with van der Waals surface area (Å²) in [5.41, 5.74) is -0.783. The molecule has 1 N–H and O–H groups in total. The quantitative estimate of drug-likeness (QED) is 0.159. The lowest BCUT2D eigenvalue weighted by Gasteiger charge is -2.50. The van der Waals surface area contributed by atoms with Gasteiger partial charge in [-0.05, 0) is 80.2 Å². The first-order chi connectivity index (χ1) is 21.3. The van der Waals surface area contributed by atoms with E-state index in [9.17, 15) is 22.7 Å². The van der Waals surface area contributed by atoms with E-state index in [1.54, 1.807) is 0 Å². The Labute approximate surface area is 261 Å². The van der Waals surface area contributed by atoms with Crippen LogP contribution >= 0.6 is 0 Å². The number of halogens is 6. The lowest BCUT2D eigenvalue weighted by molar-refractivity contribution is -0.432. The summed E-state index contributed by atoms with van der Waals surface area (Å²) in [4.78, 5) is 0. The van der Waals surface area contributed by atoms with E-state index in [1.807, 2.05) is 0 Å². The van der Waals surface area contributed by atoms with Gasteiger partial charge in [-0.15, -0.1) is 0 Å². The molecule has 5 rings (SSSR count). The second-order valence-electron chi connectivity index (χ2n) is 13.7. The largest absolute Gasteiger partial charge is 0.432 e. The van der Waals surface area contributed by atoms with Crippen molar-refractivity contribution in [1.82, 2.24) is 0 Å². The van der Waals surface area contributed by atoms with Crippen molar-refractivity contribution in [2.45, 2.75) is 103 Å². The van der Waals surface area contributed by atoms with Gasteiger partial charge in [0.15, 0.2) is 17.5 Å². The second kappa shape index (κ2) is 13.8. The van der Waals surface area contributed by atoms with Gasteiger partial charge < -0.3 is 19.3 Å². The zero-order valence-electron chi connectivity index (χ0n) is 26.0. The Balaban J connectivity index is 1.12. The number of hydrogen-bond donors (Lipinski definition) is 1. The molecular weight excluding hydrogens is 598 g/mol. The van der Waals surface area contributed by atoms with Crippen LogP contribution in [0, 0.1) is 52.4 Å². The average molecular weight is 643 g/mol. The van der Waals surface area contributed by atoms with Gasteiger partial charge in [0.05, 0.1) is 19.1 Å². The van der Waals surface area contributed by atoms with Crippen LogP contribution in [0.15, 0.2) is 30.3 Å². The van der Waals surface area contributed by atoms with Gasteiger partial charge in [0.25, 0.3) is 5.97 Å². The van der Waals surface area contributed by atoms with Crippen LogP contribution in [0.25, 0.3) is 11.1 Å². The molecule has 2 saturated carbocycles. The molecule has 2 aliphatic carbocycles. The van der Waals surface area contributed by atoms with Crippen molar-refractivity contribution in [3.63, 3.8) is 0 Å². The SMILES string of the molecule is CCCCCC1CCC(C2(C)COC(O)(C3CCC(C(F)(F)Oc4ccc(-c5cc(F)c(F)c(F)c5)c(F)c4)CC3)OC2)CC1. The third-order valence-corrected chi connectivity index (χ3v) is 10.5. The smallest absolute Gasteiger partial charge is 0.400 e. The summed E-state index contributed by atoms with van der Waals surface area (Å²) in [7, 11) is 0. The summed E-state index contributed by atoms with van der Waals surface area (Å²) in [6.45, 7) is 5.08. The van der Waals surface area contributed by atoms with Crippen LogP contribution in [0.4, 0.5) is 26.3 Å². The highest BCUT2D eigenvalue weighted by atomic mass is 19.3. The third-order valence-electron chi connectivity index (χ3n) is 10.5. The van der Waals surface area contributed by atoms with Crippen molar-refractivity contribution < 1.29 is 45.7 Å². The minimum Gasteiger partial charge on any atom is -0.432 e. The number of unbranched alkanes of at least 4 members (excludes halogenated alkanes) is 2. The first-order valence-corrected chi connectivity index (χ1v) is 16.3. The van der Waals surface area contributed by atoms with Crippen molar-refractivity contribution >= 4 is 0 Å². The number of hydrogen-bond acceptors (Lipinski definition) is 4. The lowest BCUT2D eigenvalue weighted by atomic mass is 9.67. The molecular formula is C35H44F6O4. The normalized spacial score (nSPS) is 31.1. The molecule has 10 heteroatoms. The van der Waals surface area contributed by atoms with Crippen molar-refractivity contribution in [3.8, 4) is 16.9 Å². The first-order valence-electron chi connectivity index (χ1n) is 16.3. The number of aliphatic hydroxyl groups is 1. The zero-order valence-corrected chi connectivity index (χ0v) is 26.0. The minimum atomic E-state index is -3.64. The van der Waals surface area contributed by atoms with E-state index < -0.39 is 52.9 Å². The minimum absolute atomic E-state index is 0.0285. The maximum atomic E-state index is 15.2. The maximum absolute atomic E-state index is 15.2. The molecule has 2 aromatic carbocycles. The molecule has 4 nitrogen and oxygen atoms in total. The van der Waals surface area contributed by atoms with Crippen molar-refractivity contribution in [1.29, 1.82) is 0 Å². The maximum Gasteiger partial charge on any atom is 0.400 e. The van der Waals surface area contributed by atoms with Gasteiger partial charge in [0.1, 0.15) is 11.6 Å². The summed E-state index contributed by atoms with van der Waals surface area (Å²) in [6.07, 6.45) is 6.63. The van der Waals surface area contributed by atoms with E-state index in [0.717, 1.165) is 30.9 Å². The molecule has 3 fully saturated rings. The van der Waals surface area contributed by atoms with Gasteiger partial charge in [-0.3, -0.25) is 0 Å². The molecule has 3 aliphatic rings. The molecule has 2 aromatic rings. The van der Waals surface area contributed by atoms with Crippen molar-refractivity contribution in [2.75, 3.05) is 13.2 Å². The Morgan fingerprint density at radius 2 is 1.42 bits per heavy atom. The Bertz CT molecular complexity index is 1270. The molecule has 0 radical (unpaired) electrons. The van der Waals surface area contributed by atoms with E-state index in [1.165, 1.54) is 38.5 Å². The van der Waals surface area contributed by atoms with Gasteiger partial charge in [-0.1, -0.05) is 52.4 Å². The standard InChI is InChI=1S/C35H44F6O4/c1-3-4-5-6-22-7-9-24(10-8-22)33(2)20-43-35(42,44-21-33)26-13-11-25(12-14-26)34(40,41)45-27-15-16-28(29(36)19-27)23-17-30(37)32(39)31(38)18-23/h15-19,22,24-26,42H,3-14,20-21H2,1-2H3. The molecule has 1 aliphatic heterocycles. The van der Waals surface area contributed by atoms with Gasteiger partial charge in [-0.2, -0.15) is 8.78 Å². The fraction of sp³-hybridized carbons (Fsp3) is 0.657. The predicted octanol–water partition coefficient (Wildman–Crippen LogP) is 9.77. The first kappa shape index (κ1) is 34.0. The Morgan fingerprint density at radius 1 is 0.822 bits per heavy atom. The lowest BCUT2D eigenvalue weighted by Crippen LogP contribution is -2.56. The number of rotatable bonds is 10. The average Bonchev–Trinajstić information content (AvgIpc) is 3.02. The summed E-state index contributed by atoms with van der Waals surface area (Å²) in [5.74, 6) is -8.45. The molecule has 0 bridgehead atoms. The molecule has 0 spiro atoms. The highest BCUT2D eigenvalue weighted by molar-refractivity contribution is 5.65. The van der Waals surface area contributed by atoms with Gasteiger partial charge in [0.2, 0.25) is 0 Å². The molecule has 1 saturated heterocycles. The van der Waals surface area contributed by atoms with Crippen LogP contribution in [-0.2, 0) is 9.47 Å². The fourth-order valence-corrected chi connectivity index (χ4v) is 7.46. The number of benzene rings is 2. The summed E-state index contributed by atoms with van der Waals surface area (Å²) < 4.78 is 102. The van der Waals surface area contributed by atoms with E-state index in [4.69, 9.17) is 14.2 Å². The van der Waals surface area contributed by atoms with Crippen LogP contribution in [0.3, 0.4) is 0 Å². The summed E-state index contributed by atoms with van der Waals surface area (Å²) in [5, 5.41) is 11.2. The molecule has 0 unspecified atom stereocenters. The van der Waals surface area contributed by atoms with Crippen LogP contribution in [-0.4, -0.2) is 30.4 Å². The monoisotopic (exact) mass is 642 g/mol. The van der Waals surface area contributed by atoms with E-state index in [0.29, 0.717) is 37.3 Å². The number of ether oxygens (including phenoxy) is 3. The molecule has 250 valence electrons. The molecule has 0 atom stereocenters. The molecule has 0 amide bonds. The van der Waals surface area contributed by atoms with Gasteiger partial charge in [-0.25, -0.2) is 17.6 Å². The summed E-state index contributed by atoms with van der Waals surface area (Å²) in [6, 6.07) is 4.07. The molecule has 45 heavy (non-hydrogen) atoms. The summed E-state index contributed by atoms with van der Waals surface area (Å²) >= 11 is 0. The van der Waals surface area contributed by atoms with Crippen LogP contribution < -0.4 is 4.74 Å². The van der Waals surface area contributed by atoms with Crippen molar-refractivity contribution in [3.05, 3.63) is 53.6 Å². The van der Waals surface area contributed by atoms with Gasteiger partial charge >= 0.3 is 6.11 Å². The van der Waals surface area contributed by atoms with Crippen LogP contribution in [0.1, 0.15) is 90.9 Å². The van der Waals surface area contributed by atoms with E-state index in [-0.39, 0.29) is 42.2 Å². The Morgan fingerprint density at radius 3 is 2.00 bits per heavy atom. The topological polar surface area (TPSA) is 47.9 Å².